The van der Waals surface area contributed by atoms with Crippen LogP contribution in [0.1, 0.15) is 21.9 Å². The number of hydrogen-bond donors (Lipinski definition) is 1. The standard InChI is InChI=1S/C16H18N4O2/c1-12-17-9-8-14(19-12)16(22)18-10-15(21)20(2)11-13-6-4-3-5-7-13/h3-9H,10-11H2,1-2H3,(H,18,22). The molecule has 0 radical (unpaired) electrons. The number of nitrogens with one attached hydrogen (secondary N) is 1. The number of amides is 2. The summed E-state index contributed by atoms with van der Waals surface area (Å²) in [5.74, 6) is -0.0323. The van der Waals surface area contributed by atoms with Gasteiger partial charge in [-0.3, -0.25) is 9.59 Å². The summed E-state index contributed by atoms with van der Waals surface area (Å²) >= 11 is 0. The van der Waals surface area contributed by atoms with Crippen LogP contribution in [0.25, 0.3) is 0 Å². The molecule has 6 nitrogen and oxygen atoms in total. The van der Waals surface area contributed by atoms with Crippen LogP contribution in [-0.2, 0) is 11.3 Å². The predicted molar refractivity (Wildman–Crippen MR) is 82.0 cm³/mol. The van der Waals surface area contributed by atoms with Crippen LogP contribution in [-0.4, -0.2) is 40.3 Å². The Morgan fingerprint density at radius 2 is 1.91 bits per heavy atom. The number of likely N-dealkylation sites (N-methyl/N-ethyl adjacent to an activating group) is 1. The molecule has 114 valence electrons. The van der Waals surface area contributed by atoms with Crippen molar-refractivity contribution in [2.24, 2.45) is 0 Å². The summed E-state index contributed by atoms with van der Waals surface area (Å²) in [5, 5.41) is 2.57. The fourth-order valence-corrected chi connectivity index (χ4v) is 1.91. The number of nitrogens with zero attached hydrogens (tertiary/aromatic N) is 3. The van der Waals surface area contributed by atoms with Crippen molar-refractivity contribution in [1.29, 1.82) is 0 Å². The summed E-state index contributed by atoms with van der Waals surface area (Å²) in [5.41, 5.74) is 1.29. The van der Waals surface area contributed by atoms with E-state index in [2.05, 4.69) is 15.3 Å². The van der Waals surface area contributed by atoms with E-state index in [9.17, 15) is 9.59 Å². The van der Waals surface area contributed by atoms with Gasteiger partial charge in [-0.15, -0.1) is 0 Å². The second-order valence-electron chi connectivity index (χ2n) is 4.91. The zero-order valence-electron chi connectivity index (χ0n) is 12.6. The fraction of sp³-hybridized carbons (Fsp3) is 0.250. The van der Waals surface area contributed by atoms with E-state index in [1.54, 1.807) is 18.9 Å². The van der Waals surface area contributed by atoms with Gasteiger partial charge in [0.1, 0.15) is 11.5 Å². The number of aryl methyl sites for hydroxylation is 1. The SMILES string of the molecule is Cc1nccc(C(=O)NCC(=O)N(C)Cc2ccccc2)n1. The molecule has 6 heteroatoms. The quantitative estimate of drug-likeness (QED) is 0.899. The van der Waals surface area contributed by atoms with Crippen molar-refractivity contribution in [2.75, 3.05) is 13.6 Å². The summed E-state index contributed by atoms with van der Waals surface area (Å²) in [7, 11) is 1.70. The minimum absolute atomic E-state index is 0.0643. The predicted octanol–water partition coefficient (Wildman–Crippen LogP) is 1.17. The van der Waals surface area contributed by atoms with Gasteiger partial charge in [-0.25, -0.2) is 9.97 Å². The average Bonchev–Trinajstić information content (AvgIpc) is 2.53. The number of benzene rings is 1. The Bertz CT molecular complexity index is 658. The van der Waals surface area contributed by atoms with Crippen molar-refractivity contribution < 1.29 is 9.59 Å². The largest absolute Gasteiger partial charge is 0.342 e. The Balaban J connectivity index is 1.85. The molecule has 2 rings (SSSR count). The second kappa shape index (κ2) is 7.31. The fourth-order valence-electron chi connectivity index (χ4n) is 1.91. The topological polar surface area (TPSA) is 75.2 Å². The van der Waals surface area contributed by atoms with Crippen LogP contribution >= 0.6 is 0 Å². The molecule has 2 amide bonds. The van der Waals surface area contributed by atoms with E-state index in [4.69, 9.17) is 0 Å². The van der Waals surface area contributed by atoms with Gasteiger partial charge in [0.25, 0.3) is 5.91 Å². The van der Waals surface area contributed by atoms with E-state index in [0.29, 0.717) is 12.4 Å². The highest BCUT2D eigenvalue weighted by Crippen LogP contribution is 2.02. The molecular formula is C16H18N4O2. The van der Waals surface area contributed by atoms with Crippen LogP contribution in [0.4, 0.5) is 0 Å². The van der Waals surface area contributed by atoms with Crippen molar-refractivity contribution in [1.82, 2.24) is 20.2 Å². The van der Waals surface area contributed by atoms with Gasteiger partial charge in [0, 0.05) is 19.8 Å². The van der Waals surface area contributed by atoms with Gasteiger partial charge < -0.3 is 10.2 Å². The molecule has 0 saturated heterocycles. The van der Waals surface area contributed by atoms with Crippen LogP contribution in [0.15, 0.2) is 42.6 Å². The van der Waals surface area contributed by atoms with Crippen molar-refractivity contribution in [3.05, 3.63) is 59.7 Å². The van der Waals surface area contributed by atoms with Gasteiger partial charge in [-0.1, -0.05) is 30.3 Å². The van der Waals surface area contributed by atoms with Gasteiger partial charge in [0.2, 0.25) is 5.91 Å². The van der Waals surface area contributed by atoms with Crippen LogP contribution in [0.3, 0.4) is 0 Å². The lowest BCUT2D eigenvalue weighted by Crippen LogP contribution is -2.38. The molecule has 0 spiro atoms. The summed E-state index contributed by atoms with van der Waals surface area (Å²) in [4.78, 5) is 33.5. The van der Waals surface area contributed by atoms with Gasteiger partial charge in [-0.2, -0.15) is 0 Å². The van der Waals surface area contributed by atoms with Crippen LogP contribution < -0.4 is 5.32 Å². The molecule has 1 N–H and O–H groups in total. The lowest BCUT2D eigenvalue weighted by atomic mass is 10.2. The highest BCUT2D eigenvalue weighted by Gasteiger charge is 2.13. The lowest BCUT2D eigenvalue weighted by molar-refractivity contribution is -0.129. The van der Waals surface area contributed by atoms with E-state index in [-0.39, 0.29) is 24.1 Å². The molecule has 0 unspecified atom stereocenters. The highest BCUT2D eigenvalue weighted by atomic mass is 16.2. The molecule has 0 aliphatic heterocycles. The molecule has 1 aromatic carbocycles. The minimum atomic E-state index is -0.382. The first-order valence-corrected chi connectivity index (χ1v) is 6.92. The van der Waals surface area contributed by atoms with Crippen molar-refractivity contribution in [3.63, 3.8) is 0 Å². The van der Waals surface area contributed by atoms with Gasteiger partial charge in [0.15, 0.2) is 0 Å². The Morgan fingerprint density at radius 1 is 1.18 bits per heavy atom. The maximum Gasteiger partial charge on any atom is 0.270 e. The molecule has 1 heterocycles. The number of hydrogen-bond acceptors (Lipinski definition) is 4. The summed E-state index contributed by atoms with van der Waals surface area (Å²) in [6, 6.07) is 11.2. The van der Waals surface area contributed by atoms with Gasteiger partial charge in [0.05, 0.1) is 6.54 Å². The normalized spacial score (nSPS) is 10.1. The summed E-state index contributed by atoms with van der Waals surface area (Å²) in [6.45, 7) is 2.14. The third kappa shape index (κ3) is 4.37. The zero-order chi connectivity index (χ0) is 15.9. The first kappa shape index (κ1) is 15.6. The molecule has 0 atom stereocenters. The Hall–Kier alpha value is -2.76. The maximum atomic E-state index is 12.0. The Labute approximate surface area is 129 Å². The molecular weight excluding hydrogens is 280 g/mol. The van der Waals surface area contributed by atoms with Gasteiger partial charge in [-0.05, 0) is 18.6 Å². The van der Waals surface area contributed by atoms with E-state index in [0.717, 1.165) is 5.56 Å². The van der Waals surface area contributed by atoms with Crippen LogP contribution in [0.5, 0.6) is 0 Å². The number of carbonyl (C=O) groups is 2. The molecule has 1 aromatic heterocycles. The molecule has 0 fully saturated rings. The Morgan fingerprint density at radius 3 is 2.59 bits per heavy atom. The van der Waals surface area contributed by atoms with Crippen molar-refractivity contribution >= 4 is 11.8 Å². The first-order valence-electron chi connectivity index (χ1n) is 6.92. The second-order valence-corrected chi connectivity index (χ2v) is 4.91. The monoisotopic (exact) mass is 298 g/mol. The lowest BCUT2D eigenvalue weighted by Gasteiger charge is -2.17. The van der Waals surface area contributed by atoms with E-state index in [1.165, 1.54) is 12.3 Å². The van der Waals surface area contributed by atoms with Crippen LogP contribution in [0, 0.1) is 6.92 Å². The number of rotatable bonds is 5. The van der Waals surface area contributed by atoms with E-state index in [1.807, 2.05) is 30.3 Å². The maximum absolute atomic E-state index is 12.0. The smallest absolute Gasteiger partial charge is 0.270 e. The molecule has 0 bridgehead atoms. The average molecular weight is 298 g/mol. The van der Waals surface area contributed by atoms with E-state index < -0.39 is 0 Å². The van der Waals surface area contributed by atoms with Crippen LogP contribution in [0.2, 0.25) is 0 Å². The van der Waals surface area contributed by atoms with Gasteiger partial charge >= 0.3 is 0 Å². The zero-order valence-corrected chi connectivity index (χ0v) is 12.6. The number of aromatic nitrogens is 2. The third-order valence-corrected chi connectivity index (χ3v) is 3.10. The Kier molecular flexibility index (Phi) is 5.19. The highest BCUT2D eigenvalue weighted by molar-refractivity contribution is 5.94. The summed E-state index contributed by atoms with van der Waals surface area (Å²) in [6.07, 6.45) is 1.51. The molecule has 0 aliphatic rings. The van der Waals surface area contributed by atoms with E-state index >= 15 is 0 Å². The molecule has 22 heavy (non-hydrogen) atoms. The minimum Gasteiger partial charge on any atom is -0.342 e. The molecule has 0 aliphatic carbocycles. The third-order valence-electron chi connectivity index (χ3n) is 3.10. The van der Waals surface area contributed by atoms with Crippen molar-refractivity contribution in [3.8, 4) is 0 Å². The first-order chi connectivity index (χ1) is 10.6. The summed E-state index contributed by atoms with van der Waals surface area (Å²) < 4.78 is 0. The van der Waals surface area contributed by atoms with Crippen molar-refractivity contribution in [2.45, 2.75) is 13.5 Å². The molecule has 2 aromatic rings. The molecule has 0 saturated carbocycles. The number of carbonyl (C=O) groups excluding carboxylic acids is 2.